The highest BCUT2D eigenvalue weighted by Crippen LogP contribution is 2.43. The summed E-state index contributed by atoms with van der Waals surface area (Å²) in [5.74, 6) is -1.17. The monoisotopic (exact) mass is 435 g/mol. The van der Waals surface area contributed by atoms with E-state index in [0.717, 1.165) is 34.1 Å². The van der Waals surface area contributed by atoms with Crippen molar-refractivity contribution in [3.8, 4) is 0 Å². The van der Waals surface area contributed by atoms with Gasteiger partial charge in [-0.1, -0.05) is 23.7 Å². The van der Waals surface area contributed by atoms with Crippen molar-refractivity contribution in [2.45, 2.75) is 31.7 Å². The lowest BCUT2D eigenvalue weighted by Gasteiger charge is -2.11. The number of aromatic nitrogens is 1. The van der Waals surface area contributed by atoms with Crippen LogP contribution in [0.25, 0.3) is 10.9 Å². The van der Waals surface area contributed by atoms with E-state index >= 15 is 0 Å². The van der Waals surface area contributed by atoms with Gasteiger partial charge in [0.05, 0.1) is 11.9 Å². The summed E-state index contributed by atoms with van der Waals surface area (Å²) in [6, 6.07) is 10.6. The van der Waals surface area contributed by atoms with Gasteiger partial charge in [-0.2, -0.15) is 0 Å². The number of carboxylic acid groups (broad SMARTS) is 1. The number of hydrogen-bond acceptors (Lipinski definition) is 1. The molecule has 0 bridgehead atoms. The maximum atomic E-state index is 14.0. The number of aryl methyl sites for hydroxylation is 1. The minimum Gasteiger partial charge on any atom is -0.481 e. The van der Waals surface area contributed by atoms with E-state index in [9.17, 15) is 14.3 Å². The SMILES string of the molecule is O=C(O)CC1CCn2c1c(Cc1ccc(Cl)cc1)c1c(Br)cc(F)cc12. The Balaban J connectivity index is 1.91. The van der Waals surface area contributed by atoms with Crippen molar-refractivity contribution in [1.82, 2.24) is 4.57 Å². The average molecular weight is 437 g/mol. The van der Waals surface area contributed by atoms with Crippen LogP contribution in [0.5, 0.6) is 0 Å². The van der Waals surface area contributed by atoms with Gasteiger partial charge in [0.15, 0.2) is 0 Å². The van der Waals surface area contributed by atoms with Crippen LogP contribution in [0.2, 0.25) is 5.02 Å². The van der Waals surface area contributed by atoms with Crippen LogP contribution in [0.15, 0.2) is 40.9 Å². The number of benzene rings is 2. The molecule has 1 aliphatic heterocycles. The second-order valence-electron chi connectivity index (χ2n) is 6.68. The van der Waals surface area contributed by atoms with Gasteiger partial charge in [-0.3, -0.25) is 4.79 Å². The molecule has 4 rings (SSSR count). The minimum atomic E-state index is -0.809. The van der Waals surface area contributed by atoms with E-state index in [2.05, 4.69) is 20.5 Å². The van der Waals surface area contributed by atoms with E-state index < -0.39 is 5.97 Å². The van der Waals surface area contributed by atoms with Gasteiger partial charge in [-0.25, -0.2) is 4.39 Å². The maximum absolute atomic E-state index is 14.0. The molecule has 0 saturated heterocycles. The molecule has 0 radical (unpaired) electrons. The number of rotatable bonds is 4. The topological polar surface area (TPSA) is 42.2 Å². The Morgan fingerprint density at radius 3 is 2.73 bits per heavy atom. The summed E-state index contributed by atoms with van der Waals surface area (Å²) < 4.78 is 16.8. The summed E-state index contributed by atoms with van der Waals surface area (Å²) in [6.45, 7) is 0.709. The molecular formula is C20H16BrClFNO2. The zero-order chi connectivity index (χ0) is 18.4. The first-order valence-electron chi connectivity index (χ1n) is 8.40. The number of nitrogens with zero attached hydrogens (tertiary/aromatic N) is 1. The molecule has 0 saturated carbocycles. The number of aliphatic carboxylic acids is 1. The zero-order valence-electron chi connectivity index (χ0n) is 13.8. The van der Waals surface area contributed by atoms with Crippen LogP contribution in [0.1, 0.15) is 35.6 Å². The second kappa shape index (κ2) is 6.71. The van der Waals surface area contributed by atoms with Gasteiger partial charge in [-0.15, -0.1) is 0 Å². The summed E-state index contributed by atoms with van der Waals surface area (Å²) in [6.07, 6.45) is 1.50. The standard InChI is InChI=1S/C20H16BrClFNO2/c21-16-9-14(23)10-17-19(16)15(7-11-1-3-13(22)4-2-11)20-12(8-18(25)26)5-6-24(17)20/h1-4,9-10,12H,5-8H2,(H,25,26). The molecule has 3 nitrogen and oxygen atoms in total. The Labute approximate surface area is 163 Å². The number of halogens is 3. The molecule has 1 aromatic heterocycles. The van der Waals surface area contributed by atoms with Crippen molar-refractivity contribution in [2.24, 2.45) is 0 Å². The highest BCUT2D eigenvalue weighted by molar-refractivity contribution is 9.10. The third kappa shape index (κ3) is 3.03. The third-order valence-electron chi connectivity index (χ3n) is 5.03. The molecule has 0 spiro atoms. The molecule has 0 fully saturated rings. The fourth-order valence-electron chi connectivity index (χ4n) is 4.02. The van der Waals surface area contributed by atoms with Gasteiger partial charge in [0.2, 0.25) is 0 Å². The fraction of sp³-hybridized carbons (Fsp3) is 0.250. The van der Waals surface area contributed by atoms with Crippen molar-refractivity contribution < 1.29 is 14.3 Å². The van der Waals surface area contributed by atoms with E-state index in [1.165, 1.54) is 12.1 Å². The predicted octanol–water partition coefficient (Wildman–Crippen LogP) is 5.75. The zero-order valence-corrected chi connectivity index (χ0v) is 16.1. The van der Waals surface area contributed by atoms with Gasteiger partial charge in [0, 0.05) is 33.0 Å². The van der Waals surface area contributed by atoms with Crippen LogP contribution in [0.4, 0.5) is 4.39 Å². The molecule has 6 heteroatoms. The van der Waals surface area contributed by atoms with Gasteiger partial charge >= 0.3 is 5.97 Å². The lowest BCUT2D eigenvalue weighted by Crippen LogP contribution is -2.05. The summed E-state index contributed by atoms with van der Waals surface area (Å²) in [5.41, 5.74) is 3.99. The third-order valence-corrected chi connectivity index (χ3v) is 5.91. The van der Waals surface area contributed by atoms with Crippen molar-refractivity contribution in [1.29, 1.82) is 0 Å². The molecule has 1 aliphatic rings. The quantitative estimate of drug-likeness (QED) is 0.566. The molecule has 1 atom stereocenters. The molecule has 3 aromatic rings. The van der Waals surface area contributed by atoms with Crippen LogP contribution in [0, 0.1) is 5.82 Å². The summed E-state index contributed by atoms with van der Waals surface area (Å²) >= 11 is 9.49. The highest BCUT2D eigenvalue weighted by Gasteiger charge is 2.31. The smallest absolute Gasteiger partial charge is 0.304 e. The Hall–Kier alpha value is -1.85. The van der Waals surface area contributed by atoms with E-state index in [4.69, 9.17) is 11.6 Å². The van der Waals surface area contributed by atoms with E-state index in [1.807, 2.05) is 24.3 Å². The van der Waals surface area contributed by atoms with Crippen molar-refractivity contribution in [3.05, 3.63) is 68.5 Å². The largest absolute Gasteiger partial charge is 0.481 e. The summed E-state index contributed by atoms with van der Waals surface area (Å²) in [7, 11) is 0. The Morgan fingerprint density at radius 2 is 2.04 bits per heavy atom. The van der Waals surface area contributed by atoms with E-state index in [-0.39, 0.29) is 18.2 Å². The molecule has 1 N–H and O–H groups in total. The van der Waals surface area contributed by atoms with Crippen molar-refractivity contribution >= 4 is 44.4 Å². The van der Waals surface area contributed by atoms with Gasteiger partial charge in [0.25, 0.3) is 0 Å². The molecule has 0 aliphatic carbocycles. The van der Waals surface area contributed by atoms with Crippen molar-refractivity contribution in [2.75, 3.05) is 0 Å². The Morgan fingerprint density at radius 1 is 1.31 bits per heavy atom. The number of carbonyl (C=O) groups is 1. The normalized spacial score (nSPS) is 16.2. The van der Waals surface area contributed by atoms with Crippen molar-refractivity contribution in [3.63, 3.8) is 0 Å². The Kier molecular flexibility index (Phi) is 4.53. The first-order valence-corrected chi connectivity index (χ1v) is 9.57. The second-order valence-corrected chi connectivity index (χ2v) is 7.97. The number of hydrogen-bond donors (Lipinski definition) is 1. The maximum Gasteiger partial charge on any atom is 0.304 e. The van der Waals surface area contributed by atoms with Crippen LogP contribution >= 0.6 is 27.5 Å². The fourth-order valence-corrected chi connectivity index (χ4v) is 4.80. The van der Waals surface area contributed by atoms with Crippen LogP contribution in [-0.2, 0) is 17.8 Å². The highest BCUT2D eigenvalue weighted by atomic mass is 79.9. The molecule has 134 valence electrons. The minimum absolute atomic E-state index is 0.0582. The lowest BCUT2D eigenvalue weighted by molar-refractivity contribution is -0.137. The first-order chi connectivity index (χ1) is 12.4. The molecule has 2 aromatic carbocycles. The van der Waals surface area contributed by atoms with E-state index in [0.29, 0.717) is 22.5 Å². The molecule has 1 unspecified atom stereocenters. The summed E-state index contributed by atoms with van der Waals surface area (Å²) in [5, 5.41) is 10.9. The molecule has 0 amide bonds. The van der Waals surface area contributed by atoms with E-state index in [1.54, 1.807) is 0 Å². The van der Waals surface area contributed by atoms with Gasteiger partial charge in [0.1, 0.15) is 5.82 Å². The van der Waals surface area contributed by atoms with Gasteiger partial charge in [-0.05, 0) is 64.2 Å². The molecular weight excluding hydrogens is 421 g/mol. The van der Waals surface area contributed by atoms with Crippen LogP contribution in [0.3, 0.4) is 0 Å². The average Bonchev–Trinajstić information content (AvgIpc) is 3.09. The summed E-state index contributed by atoms with van der Waals surface area (Å²) in [4.78, 5) is 11.3. The van der Waals surface area contributed by atoms with Crippen LogP contribution < -0.4 is 0 Å². The van der Waals surface area contributed by atoms with Crippen LogP contribution in [-0.4, -0.2) is 15.6 Å². The predicted molar refractivity (Wildman–Crippen MR) is 103 cm³/mol. The number of fused-ring (bicyclic) bond motifs is 3. The molecule has 2 heterocycles. The molecule has 26 heavy (non-hydrogen) atoms. The number of carboxylic acids is 1. The van der Waals surface area contributed by atoms with Gasteiger partial charge < -0.3 is 9.67 Å². The first kappa shape index (κ1) is 17.6. The lowest BCUT2D eigenvalue weighted by atomic mass is 9.93. The Bertz CT molecular complexity index is 1010.